The molecule has 0 atom stereocenters. The predicted molar refractivity (Wildman–Crippen MR) is 88.4 cm³/mol. The number of nitrogens with one attached hydrogen (secondary N) is 2. The highest BCUT2D eigenvalue weighted by Gasteiger charge is 2.42. The third-order valence-corrected chi connectivity index (χ3v) is 4.43. The quantitative estimate of drug-likeness (QED) is 0.774. The number of carbonyl (C=O) groups excluding carboxylic acids is 1. The Balaban J connectivity index is 1.63. The van der Waals surface area contributed by atoms with Crippen LogP contribution in [0.25, 0.3) is 10.9 Å². The number of hydrogen-bond acceptors (Lipinski definition) is 3. The van der Waals surface area contributed by atoms with E-state index in [2.05, 4.69) is 16.4 Å². The van der Waals surface area contributed by atoms with Gasteiger partial charge in [-0.05, 0) is 35.9 Å². The fourth-order valence-electron chi connectivity index (χ4n) is 3.01. The molecule has 4 rings (SSSR count). The fraction of sp³-hybridized carbons (Fsp3) is 0.222. The molecule has 1 aliphatic rings. The maximum atomic E-state index is 12.7. The molecule has 1 fully saturated rings. The van der Waals surface area contributed by atoms with Gasteiger partial charge < -0.3 is 19.6 Å². The molecule has 0 spiro atoms. The van der Waals surface area contributed by atoms with Gasteiger partial charge in [0.1, 0.15) is 11.2 Å². The first-order valence-electron chi connectivity index (χ1n) is 7.65. The summed E-state index contributed by atoms with van der Waals surface area (Å²) in [5, 5.41) is 12.9. The zero-order chi connectivity index (χ0) is 16.7. The molecule has 2 N–H and O–H groups in total. The van der Waals surface area contributed by atoms with Gasteiger partial charge in [-0.15, -0.1) is 0 Å². The van der Waals surface area contributed by atoms with Crippen molar-refractivity contribution >= 4 is 16.8 Å². The van der Waals surface area contributed by atoms with Gasteiger partial charge in [0.25, 0.3) is 5.91 Å². The van der Waals surface area contributed by atoms with Crippen molar-refractivity contribution in [2.75, 3.05) is 13.2 Å². The van der Waals surface area contributed by atoms with Crippen molar-refractivity contribution < 1.29 is 9.53 Å². The number of rotatable bonds is 3. The molecule has 1 amide bonds. The molecule has 2 aromatic heterocycles. The van der Waals surface area contributed by atoms with Crippen LogP contribution in [-0.4, -0.2) is 28.7 Å². The van der Waals surface area contributed by atoms with Crippen molar-refractivity contribution in [1.82, 2.24) is 14.9 Å². The fourth-order valence-corrected chi connectivity index (χ4v) is 3.01. The van der Waals surface area contributed by atoms with Crippen LogP contribution in [0.1, 0.15) is 21.6 Å². The van der Waals surface area contributed by atoms with Crippen LogP contribution in [0, 0.1) is 11.3 Å². The third-order valence-electron chi connectivity index (χ3n) is 4.43. The first-order valence-corrected chi connectivity index (χ1v) is 7.65. The summed E-state index contributed by atoms with van der Waals surface area (Å²) in [6.07, 6.45) is 3.95. The van der Waals surface area contributed by atoms with E-state index in [0.29, 0.717) is 24.5 Å². The SMILES string of the molecule is Cn1ccc(C2(NC(=O)c3cc4cc(C#N)ccc4[nH]3)COC2)c1. The van der Waals surface area contributed by atoms with E-state index >= 15 is 0 Å². The number of ether oxygens (including phenoxy) is 1. The van der Waals surface area contributed by atoms with Gasteiger partial charge in [0.2, 0.25) is 0 Å². The molecule has 1 aromatic carbocycles. The maximum absolute atomic E-state index is 12.7. The number of H-pyrrole nitrogens is 1. The minimum absolute atomic E-state index is 0.183. The van der Waals surface area contributed by atoms with Crippen LogP contribution < -0.4 is 5.32 Å². The van der Waals surface area contributed by atoms with Crippen LogP contribution in [0.4, 0.5) is 0 Å². The number of nitriles is 1. The largest absolute Gasteiger partial charge is 0.376 e. The summed E-state index contributed by atoms with van der Waals surface area (Å²) >= 11 is 0. The second kappa shape index (κ2) is 5.25. The van der Waals surface area contributed by atoms with Crippen molar-refractivity contribution in [2.24, 2.45) is 7.05 Å². The van der Waals surface area contributed by atoms with E-state index in [9.17, 15) is 4.79 Å². The molecule has 1 aliphatic heterocycles. The van der Waals surface area contributed by atoms with Gasteiger partial charge in [-0.1, -0.05) is 0 Å². The number of carbonyl (C=O) groups is 1. The second-order valence-corrected chi connectivity index (χ2v) is 6.19. The number of aromatic amines is 1. The standard InChI is InChI=1S/C18H16N4O2/c1-22-5-4-14(9-22)18(10-24-11-18)21-17(23)16-7-13-6-12(8-19)2-3-15(13)20-16/h2-7,9,20H,10-11H2,1H3,(H,21,23). The van der Waals surface area contributed by atoms with Gasteiger partial charge in [0.05, 0.1) is 24.8 Å². The lowest BCUT2D eigenvalue weighted by Gasteiger charge is -2.41. The average Bonchev–Trinajstić information content (AvgIpc) is 3.16. The number of fused-ring (bicyclic) bond motifs is 1. The van der Waals surface area contributed by atoms with E-state index in [4.69, 9.17) is 10.00 Å². The van der Waals surface area contributed by atoms with Crippen LogP contribution >= 0.6 is 0 Å². The van der Waals surface area contributed by atoms with Crippen molar-refractivity contribution in [2.45, 2.75) is 5.54 Å². The molecular formula is C18H16N4O2. The number of benzene rings is 1. The van der Waals surface area contributed by atoms with Gasteiger partial charge >= 0.3 is 0 Å². The Bertz CT molecular complexity index is 972. The van der Waals surface area contributed by atoms with Crippen molar-refractivity contribution in [3.8, 4) is 6.07 Å². The molecule has 0 radical (unpaired) electrons. The van der Waals surface area contributed by atoms with E-state index in [1.165, 1.54) is 0 Å². The Morgan fingerprint density at radius 2 is 2.21 bits per heavy atom. The minimum atomic E-state index is -0.479. The van der Waals surface area contributed by atoms with Gasteiger partial charge in [0.15, 0.2) is 0 Å². The number of aryl methyl sites for hydroxylation is 1. The molecule has 0 aliphatic carbocycles. The smallest absolute Gasteiger partial charge is 0.268 e. The number of hydrogen-bond donors (Lipinski definition) is 2. The monoisotopic (exact) mass is 320 g/mol. The Hall–Kier alpha value is -3.04. The van der Waals surface area contributed by atoms with Crippen LogP contribution in [0.3, 0.4) is 0 Å². The summed E-state index contributed by atoms with van der Waals surface area (Å²) in [6.45, 7) is 0.920. The normalized spacial score (nSPS) is 15.7. The third kappa shape index (κ3) is 2.27. The summed E-state index contributed by atoms with van der Waals surface area (Å²) in [7, 11) is 1.95. The number of nitrogens with zero attached hydrogens (tertiary/aromatic N) is 2. The highest BCUT2D eigenvalue weighted by Crippen LogP contribution is 2.30. The van der Waals surface area contributed by atoms with Gasteiger partial charge in [-0.3, -0.25) is 4.79 Å². The van der Waals surface area contributed by atoms with E-state index in [1.54, 1.807) is 18.2 Å². The van der Waals surface area contributed by atoms with Crippen LogP contribution in [0.5, 0.6) is 0 Å². The molecule has 120 valence electrons. The Morgan fingerprint density at radius 1 is 1.38 bits per heavy atom. The predicted octanol–water partition coefficient (Wildman–Crippen LogP) is 2.03. The van der Waals surface area contributed by atoms with Crippen molar-refractivity contribution in [1.29, 1.82) is 5.26 Å². The Labute approximate surface area is 138 Å². The van der Waals surface area contributed by atoms with Crippen molar-refractivity contribution in [3.63, 3.8) is 0 Å². The average molecular weight is 320 g/mol. The molecule has 0 bridgehead atoms. The van der Waals surface area contributed by atoms with E-state index in [0.717, 1.165) is 16.5 Å². The molecule has 6 heteroatoms. The summed E-state index contributed by atoms with van der Waals surface area (Å²) in [6, 6.07) is 11.2. The number of aromatic nitrogens is 2. The topological polar surface area (TPSA) is 82.8 Å². The molecule has 0 unspecified atom stereocenters. The second-order valence-electron chi connectivity index (χ2n) is 6.19. The first-order chi connectivity index (χ1) is 11.6. The highest BCUT2D eigenvalue weighted by molar-refractivity contribution is 5.98. The van der Waals surface area contributed by atoms with Crippen LogP contribution in [0.15, 0.2) is 42.7 Å². The van der Waals surface area contributed by atoms with E-state index in [1.807, 2.05) is 36.1 Å². The zero-order valence-corrected chi connectivity index (χ0v) is 13.2. The molecule has 3 aromatic rings. The van der Waals surface area contributed by atoms with Crippen LogP contribution in [-0.2, 0) is 17.3 Å². The maximum Gasteiger partial charge on any atom is 0.268 e. The highest BCUT2D eigenvalue weighted by atomic mass is 16.5. The molecular weight excluding hydrogens is 304 g/mol. The van der Waals surface area contributed by atoms with E-state index < -0.39 is 5.54 Å². The summed E-state index contributed by atoms with van der Waals surface area (Å²) in [5.41, 5.74) is 2.43. The Morgan fingerprint density at radius 3 is 2.83 bits per heavy atom. The molecule has 0 saturated carbocycles. The minimum Gasteiger partial charge on any atom is -0.376 e. The number of amides is 1. The lowest BCUT2D eigenvalue weighted by molar-refractivity contribution is -0.0734. The lowest BCUT2D eigenvalue weighted by Crippen LogP contribution is -2.59. The zero-order valence-electron chi connectivity index (χ0n) is 13.2. The summed E-state index contributed by atoms with van der Waals surface area (Å²) in [5.74, 6) is -0.183. The summed E-state index contributed by atoms with van der Waals surface area (Å²) in [4.78, 5) is 15.8. The summed E-state index contributed by atoms with van der Waals surface area (Å²) < 4.78 is 7.31. The van der Waals surface area contributed by atoms with Crippen molar-refractivity contribution in [3.05, 3.63) is 59.5 Å². The molecule has 24 heavy (non-hydrogen) atoms. The van der Waals surface area contributed by atoms with Gasteiger partial charge in [0, 0.05) is 30.3 Å². The van der Waals surface area contributed by atoms with Gasteiger partial charge in [-0.2, -0.15) is 5.26 Å². The first kappa shape index (κ1) is 14.5. The lowest BCUT2D eigenvalue weighted by atomic mass is 9.90. The molecule has 1 saturated heterocycles. The Kier molecular flexibility index (Phi) is 3.18. The molecule has 6 nitrogen and oxygen atoms in total. The molecule has 3 heterocycles. The van der Waals surface area contributed by atoms with E-state index in [-0.39, 0.29) is 5.91 Å². The van der Waals surface area contributed by atoms with Gasteiger partial charge in [-0.25, -0.2) is 0 Å². The van der Waals surface area contributed by atoms with Crippen LogP contribution in [0.2, 0.25) is 0 Å².